The first kappa shape index (κ1) is 18.1. The van der Waals surface area contributed by atoms with Crippen LogP contribution in [0.5, 0.6) is 5.75 Å². The number of hydrogen-bond acceptors (Lipinski definition) is 3. The van der Waals surface area contributed by atoms with Gasteiger partial charge in [0.2, 0.25) is 0 Å². The number of benzene rings is 3. The number of anilines is 1. The Morgan fingerprint density at radius 1 is 0.926 bits per heavy atom. The van der Waals surface area contributed by atoms with Crippen LogP contribution in [0.4, 0.5) is 10.1 Å². The molecule has 3 aromatic rings. The van der Waals surface area contributed by atoms with Crippen LogP contribution < -0.4 is 10.1 Å². The first-order valence-corrected chi connectivity index (χ1v) is 8.14. The van der Waals surface area contributed by atoms with Crippen LogP contribution in [0, 0.1) is 5.82 Å². The SMILES string of the molecule is O=C(Nc1ccc(F)cc1)c1ccc(OCc2ccccc2C(=O)O)cc1. The van der Waals surface area contributed by atoms with E-state index in [1.165, 1.54) is 30.3 Å². The fourth-order valence-corrected chi connectivity index (χ4v) is 2.45. The van der Waals surface area contributed by atoms with Crippen LogP contribution in [-0.2, 0) is 6.61 Å². The maximum absolute atomic E-state index is 12.9. The largest absolute Gasteiger partial charge is 0.489 e. The van der Waals surface area contributed by atoms with Gasteiger partial charge in [-0.05, 0) is 54.6 Å². The molecule has 3 aromatic carbocycles. The molecule has 0 aliphatic rings. The van der Waals surface area contributed by atoms with Gasteiger partial charge in [0.1, 0.15) is 18.2 Å². The molecule has 5 nitrogen and oxygen atoms in total. The van der Waals surface area contributed by atoms with Gasteiger partial charge in [-0.3, -0.25) is 4.79 Å². The highest BCUT2D eigenvalue weighted by molar-refractivity contribution is 6.04. The fourth-order valence-electron chi connectivity index (χ4n) is 2.45. The number of nitrogens with one attached hydrogen (secondary N) is 1. The zero-order valence-corrected chi connectivity index (χ0v) is 14.2. The van der Waals surface area contributed by atoms with Gasteiger partial charge in [0.05, 0.1) is 5.56 Å². The van der Waals surface area contributed by atoms with E-state index in [0.29, 0.717) is 22.6 Å². The summed E-state index contributed by atoms with van der Waals surface area (Å²) in [6.07, 6.45) is 0. The first-order chi connectivity index (χ1) is 13.0. The van der Waals surface area contributed by atoms with Crippen molar-refractivity contribution in [1.29, 1.82) is 0 Å². The summed E-state index contributed by atoms with van der Waals surface area (Å²) >= 11 is 0. The Morgan fingerprint density at radius 3 is 2.26 bits per heavy atom. The summed E-state index contributed by atoms with van der Waals surface area (Å²) in [4.78, 5) is 23.4. The van der Waals surface area contributed by atoms with E-state index in [9.17, 15) is 19.1 Å². The Balaban J connectivity index is 1.62. The maximum atomic E-state index is 12.9. The number of hydrogen-bond donors (Lipinski definition) is 2. The summed E-state index contributed by atoms with van der Waals surface area (Å²) in [6.45, 7) is 0.101. The molecule has 0 spiro atoms. The molecule has 0 heterocycles. The van der Waals surface area contributed by atoms with Gasteiger partial charge >= 0.3 is 5.97 Å². The zero-order chi connectivity index (χ0) is 19.2. The molecule has 136 valence electrons. The minimum Gasteiger partial charge on any atom is -0.489 e. The number of carboxylic acids is 1. The highest BCUT2D eigenvalue weighted by Crippen LogP contribution is 2.17. The van der Waals surface area contributed by atoms with Gasteiger partial charge in [-0.2, -0.15) is 0 Å². The second-order valence-corrected chi connectivity index (χ2v) is 5.74. The number of amides is 1. The Labute approximate surface area is 155 Å². The average molecular weight is 365 g/mol. The quantitative estimate of drug-likeness (QED) is 0.681. The Morgan fingerprint density at radius 2 is 1.59 bits per heavy atom. The van der Waals surface area contributed by atoms with Crippen LogP contribution in [0.15, 0.2) is 72.8 Å². The highest BCUT2D eigenvalue weighted by Gasteiger charge is 2.10. The summed E-state index contributed by atoms with van der Waals surface area (Å²) < 4.78 is 18.5. The van der Waals surface area contributed by atoms with Gasteiger partial charge in [0.25, 0.3) is 5.91 Å². The molecule has 1 amide bonds. The number of carbonyl (C=O) groups is 2. The van der Waals surface area contributed by atoms with E-state index in [0.717, 1.165) is 0 Å². The van der Waals surface area contributed by atoms with Crippen molar-refractivity contribution in [1.82, 2.24) is 0 Å². The molecule has 6 heteroatoms. The Bertz CT molecular complexity index is 953. The summed E-state index contributed by atoms with van der Waals surface area (Å²) in [5.74, 6) is -1.21. The molecular weight excluding hydrogens is 349 g/mol. The van der Waals surface area contributed by atoms with Gasteiger partial charge in [-0.15, -0.1) is 0 Å². The molecule has 27 heavy (non-hydrogen) atoms. The summed E-state index contributed by atoms with van der Waals surface area (Å²) in [6, 6.07) is 18.5. The third kappa shape index (κ3) is 4.70. The molecule has 0 fully saturated rings. The van der Waals surface area contributed by atoms with Gasteiger partial charge in [-0.25, -0.2) is 9.18 Å². The normalized spacial score (nSPS) is 10.3. The Hall–Kier alpha value is -3.67. The number of carboxylic acid groups (broad SMARTS) is 1. The fraction of sp³-hybridized carbons (Fsp3) is 0.0476. The molecule has 0 unspecified atom stereocenters. The number of rotatable bonds is 6. The van der Waals surface area contributed by atoms with Gasteiger partial charge < -0.3 is 15.2 Å². The van der Waals surface area contributed by atoms with Crippen LogP contribution in [0.3, 0.4) is 0 Å². The van der Waals surface area contributed by atoms with Crippen LogP contribution in [0.25, 0.3) is 0 Å². The van der Waals surface area contributed by atoms with Crippen LogP contribution in [0.2, 0.25) is 0 Å². The third-order valence-electron chi connectivity index (χ3n) is 3.86. The van der Waals surface area contributed by atoms with Crippen LogP contribution in [0.1, 0.15) is 26.3 Å². The highest BCUT2D eigenvalue weighted by atomic mass is 19.1. The monoisotopic (exact) mass is 365 g/mol. The number of halogens is 1. The van der Waals surface area contributed by atoms with Crippen molar-refractivity contribution in [3.63, 3.8) is 0 Å². The predicted octanol–water partition coefficient (Wildman–Crippen LogP) is 4.36. The van der Waals surface area contributed by atoms with Crippen LogP contribution >= 0.6 is 0 Å². The molecule has 0 aliphatic heterocycles. The molecule has 0 atom stereocenters. The molecule has 0 saturated heterocycles. The standard InChI is InChI=1S/C21H16FNO4/c22-16-7-9-17(10-8-16)23-20(24)14-5-11-18(12-6-14)27-13-15-3-1-2-4-19(15)21(25)26/h1-12H,13H2,(H,23,24)(H,25,26). The number of carbonyl (C=O) groups excluding carboxylic acids is 1. The molecule has 3 rings (SSSR count). The zero-order valence-electron chi connectivity index (χ0n) is 14.2. The summed E-state index contributed by atoms with van der Waals surface area (Å²) in [7, 11) is 0. The molecule has 0 bridgehead atoms. The second kappa shape index (κ2) is 8.14. The van der Waals surface area contributed by atoms with Crippen molar-refractivity contribution < 1.29 is 23.8 Å². The molecular formula is C21H16FNO4. The predicted molar refractivity (Wildman–Crippen MR) is 98.5 cm³/mol. The van der Waals surface area contributed by atoms with Crippen molar-refractivity contribution >= 4 is 17.6 Å². The van der Waals surface area contributed by atoms with Gasteiger partial charge in [0.15, 0.2) is 0 Å². The smallest absolute Gasteiger partial charge is 0.336 e. The topological polar surface area (TPSA) is 75.6 Å². The summed E-state index contributed by atoms with van der Waals surface area (Å²) in [5.41, 5.74) is 1.65. The Kier molecular flexibility index (Phi) is 5.47. The lowest BCUT2D eigenvalue weighted by atomic mass is 10.1. The number of aromatic carboxylic acids is 1. The molecule has 0 aliphatic carbocycles. The number of ether oxygens (including phenoxy) is 1. The van der Waals surface area contributed by atoms with E-state index in [2.05, 4.69) is 5.32 Å². The van der Waals surface area contributed by atoms with E-state index in [1.807, 2.05) is 0 Å². The minimum absolute atomic E-state index is 0.101. The second-order valence-electron chi connectivity index (χ2n) is 5.74. The van der Waals surface area contributed by atoms with Crippen molar-refractivity contribution in [3.05, 3.63) is 95.3 Å². The molecule has 0 radical (unpaired) electrons. The van der Waals surface area contributed by atoms with E-state index in [1.54, 1.807) is 42.5 Å². The van der Waals surface area contributed by atoms with Crippen molar-refractivity contribution in [2.75, 3.05) is 5.32 Å². The average Bonchev–Trinajstić information content (AvgIpc) is 2.68. The van der Waals surface area contributed by atoms with Gasteiger partial charge in [0, 0.05) is 16.8 Å². The lowest BCUT2D eigenvalue weighted by Crippen LogP contribution is -2.11. The molecule has 0 aromatic heterocycles. The first-order valence-electron chi connectivity index (χ1n) is 8.14. The lowest BCUT2D eigenvalue weighted by molar-refractivity contribution is 0.0693. The van der Waals surface area contributed by atoms with Crippen molar-refractivity contribution in [2.24, 2.45) is 0 Å². The van der Waals surface area contributed by atoms with Gasteiger partial charge in [-0.1, -0.05) is 18.2 Å². The molecule has 0 saturated carbocycles. The van der Waals surface area contributed by atoms with E-state index in [-0.39, 0.29) is 23.9 Å². The van der Waals surface area contributed by atoms with Crippen LogP contribution in [-0.4, -0.2) is 17.0 Å². The minimum atomic E-state index is -1.01. The van der Waals surface area contributed by atoms with Crippen molar-refractivity contribution in [2.45, 2.75) is 6.61 Å². The maximum Gasteiger partial charge on any atom is 0.336 e. The van der Waals surface area contributed by atoms with E-state index >= 15 is 0 Å². The van der Waals surface area contributed by atoms with E-state index < -0.39 is 5.97 Å². The van der Waals surface area contributed by atoms with Crippen molar-refractivity contribution in [3.8, 4) is 5.75 Å². The lowest BCUT2D eigenvalue weighted by Gasteiger charge is -2.10. The third-order valence-corrected chi connectivity index (χ3v) is 3.86. The molecule has 2 N–H and O–H groups in total. The summed E-state index contributed by atoms with van der Waals surface area (Å²) in [5, 5.41) is 11.8. The van der Waals surface area contributed by atoms with E-state index in [4.69, 9.17) is 4.74 Å².